The van der Waals surface area contributed by atoms with E-state index in [1.807, 2.05) is 48.5 Å². The van der Waals surface area contributed by atoms with E-state index in [2.05, 4.69) is 0 Å². The molecule has 4 heteroatoms. The lowest BCUT2D eigenvalue weighted by atomic mass is 10.1. The van der Waals surface area contributed by atoms with Gasteiger partial charge in [0, 0.05) is 14.2 Å². The van der Waals surface area contributed by atoms with Gasteiger partial charge in [0.25, 0.3) is 0 Å². The van der Waals surface area contributed by atoms with E-state index in [9.17, 15) is 0 Å². The maximum Gasteiger partial charge on any atom is 0.188 e. The number of hydrogen-bond donors (Lipinski definition) is 0. The normalized spacial score (nSPS) is 10.3. The molecule has 20 heavy (non-hydrogen) atoms. The van der Waals surface area contributed by atoms with E-state index in [4.69, 9.17) is 18.9 Å². The molecule has 0 heterocycles. The molecule has 2 aromatic rings. The number of ether oxygens (including phenoxy) is 4. The minimum Gasteiger partial charge on any atom is -0.464 e. The van der Waals surface area contributed by atoms with Crippen LogP contribution in [0.4, 0.5) is 0 Å². The smallest absolute Gasteiger partial charge is 0.188 e. The van der Waals surface area contributed by atoms with Crippen LogP contribution in [0.3, 0.4) is 0 Å². The highest BCUT2D eigenvalue weighted by Crippen LogP contribution is 2.32. The highest BCUT2D eigenvalue weighted by atomic mass is 16.7. The first-order valence-electron chi connectivity index (χ1n) is 6.28. The van der Waals surface area contributed by atoms with E-state index in [0.29, 0.717) is 11.5 Å². The van der Waals surface area contributed by atoms with Crippen LogP contribution in [-0.4, -0.2) is 27.8 Å². The van der Waals surface area contributed by atoms with Gasteiger partial charge in [0.15, 0.2) is 25.1 Å². The summed E-state index contributed by atoms with van der Waals surface area (Å²) >= 11 is 0. The highest BCUT2D eigenvalue weighted by Gasteiger charge is 2.08. The first-order valence-corrected chi connectivity index (χ1v) is 6.28. The Hall–Kier alpha value is -2.04. The average Bonchev–Trinajstić information content (AvgIpc) is 2.52. The third kappa shape index (κ3) is 3.73. The summed E-state index contributed by atoms with van der Waals surface area (Å²) in [5.74, 6) is 1.26. The number of hydrogen-bond acceptors (Lipinski definition) is 4. The topological polar surface area (TPSA) is 36.9 Å². The average molecular weight is 274 g/mol. The van der Waals surface area contributed by atoms with E-state index < -0.39 is 0 Å². The summed E-state index contributed by atoms with van der Waals surface area (Å²) in [6, 6.07) is 15.9. The van der Waals surface area contributed by atoms with Gasteiger partial charge in [-0.25, -0.2) is 0 Å². The SMILES string of the molecule is COCOc1ccc(-c2ccccc2)cc1OCOC. The van der Waals surface area contributed by atoms with Gasteiger partial charge in [-0.2, -0.15) is 0 Å². The van der Waals surface area contributed by atoms with Crippen LogP contribution in [0.2, 0.25) is 0 Å². The van der Waals surface area contributed by atoms with Crippen molar-refractivity contribution >= 4 is 0 Å². The molecule has 0 aliphatic rings. The quantitative estimate of drug-likeness (QED) is 0.726. The Balaban J connectivity index is 2.27. The molecule has 0 spiro atoms. The molecule has 0 atom stereocenters. The summed E-state index contributed by atoms with van der Waals surface area (Å²) in [5, 5.41) is 0. The van der Waals surface area contributed by atoms with Crippen LogP contribution in [0, 0.1) is 0 Å². The first-order chi connectivity index (χ1) is 9.85. The van der Waals surface area contributed by atoms with Crippen molar-refractivity contribution in [3.63, 3.8) is 0 Å². The summed E-state index contributed by atoms with van der Waals surface area (Å²) in [4.78, 5) is 0. The van der Waals surface area contributed by atoms with Gasteiger partial charge in [-0.3, -0.25) is 0 Å². The lowest BCUT2D eigenvalue weighted by Crippen LogP contribution is -2.04. The van der Waals surface area contributed by atoms with Gasteiger partial charge >= 0.3 is 0 Å². The predicted octanol–water partition coefficient (Wildman–Crippen LogP) is 3.32. The maximum absolute atomic E-state index is 5.54. The lowest BCUT2D eigenvalue weighted by Gasteiger charge is -2.13. The largest absolute Gasteiger partial charge is 0.464 e. The zero-order valence-corrected chi connectivity index (χ0v) is 11.7. The molecule has 0 radical (unpaired) electrons. The Bertz CT molecular complexity index is 525. The molecule has 0 saturated heterocycles. The molecule has 2 rings (SSSR count). The van der Waals surface area contributed by atoms with Crippen molar-refractivity contribution in [3.8, 4) is 22.6 Å². The summed E-state index contributed by atoms with van der Waals surface area (Å²) in [6.07, 6.45) is 0. The van der Waals surface area contributed by atoms with Crippen molar-refractivity contribution in [2.45, 2.75) is 0 Å². The Morgan fingerprint density at radius 1 is 0.700 bits per heavy atom. The first kappa shape index (κ1) is 14.4. The second-order valence-corrected chi connectivity index (χ2v) is 4.13. The molecule has 4 nitrogen and oxygen atoms in total. The maximum atomic E-state index is 5.54. The van der Waals surface area contributed by atoms with Crippen LogP contribution in [0.15, 0.2) is 48.5 Å². The summed E-state index contributed by atoms with van der Waals surface area (Å²) < 4.78 is 20.9. The number of methoxy groups -OCH3 is 2. The molecule has 0 aromatic heterocycles. The van der Waals surface area contributed by atoms with Crippen molar-refractivity contribution in [1.82, 2.24) is 0 Å². The third-order valence-electron chi connectivity index (χ3n) is 2.72. The van der Waals surface area contributed by atoms with Crippen LogP contribution in [0.5, 0.6) is 11.5 Å². The fourth-order valence-electron chi connectivity index (χ4n) is 1.80. The highest BCUT2D eigenvalue weighted by molar-refractivity contribution is 5.67. The molecule has 0 aliphatic carbocycles. The van der Waals surface area contributed by atoms with Gasteiger partial charge < -0.3 is 18.9 Å². The van der Waals surface area contributed by atoms with Crippen LogP contribution in [-0.2, 0) is 9.47 Å². The van der Waals surface area contributed by atoms with Gasteiger partial charge in [-0.05, 0) is 23.3 Å². The van der Waals surface area contributed by atoms with Gasteiger partial charge in [0.1, 0.15) is 0 Å². The monoisotopic (exact) mass is 274 g/mol. The van der Waals surface area contributed by atoms with Crippen molar-refractivity contribution in [1.29, 1.82) is 0 Å². The second kappa shape index (κ2) is 7.53. The summed E-state index contributed by atoms with van der Waals surface area (Å²) in [7, 11) is 3.16. The molecule has 0 unspecified atom stereocenters. The fraction of sp³-hybridized carbons (Fsp3) is 0.250. The summed E-state index contributed by atoms with van der Waals surface area (Å²) in [6.45, 7) is 0.343. The molecule has 0 fully saturated rings. The Morgan fingerprint density at radius 3 is 2.00 bits per heavy atom. The molecule has 0 amide bonds. The molecule has 0 saturated carbocycles. The van der Waals surface area contributed by atoms with Crippen molar-refractivity contribution in [2.24, 2.45) is 0 Å². The molecule has 106 valence electrons. The van der Waals surface area contributed by atoms with Crippen molar-refractivity contribution in [2.75, 3.05) is 27.8 Å². The molecule has 0 bridgehead atoms. The predicted molar refractivity (Wildman–Crippen MR) is 76.9 cm³/mol. The third-order valence-corrected chi connectivity index (χ3v) is 2.72. The minimum atomic E-state index is 0.168. The molecular weight excluding hydrogens is 256 g/mol. The van der Waals surface area contributed by atoms with Gasteiger partial charge in [-0.15, -0.1) is 0 Å². The molecular formula is C16H18O4. The Morgan fingerprint density at radius 2 is 1.35 bits per heavy atom. The van der Waals surface area contributed by atoms with Gasteiger partial charge in [0.2, 0.25) is 0 Å². The summed E-state index contributed by atoms with van der Waals surface area (Å²) in [5.41, 5.74) is 2.18. The number of rotatable bonds is 7. The van der Waals surface area contributed by atoms with Crippen LogP contribution in [0.25, 0.3) is 11.1 Å². The Kier molecular flexibility index (Phi) is 5.41. The lowest BCUT2D eigenvalue weighted by molar-refractivity contribution is 0.0323. The second-order valence-electron chi connectivity index (χ2n) is 4.13. The van der Waals surface area contributed by atoms with E-state index in [1.54, 1.807) is 14.2 Å². The zero-order valence-electron chi connectivity index (χ0n) is 11.7. The van der Waals surface area contributed by atoms with E-state index in [0.717, 1.165) is 11.1 Å². The molecule has 0 N–H and O–H groups in total. The number of benzene rings is 2. The van der Waals surface area contributed by atoms with Crippen LogP contribution >= 0.6 is 0 Å². The Labute approximate surface area is 118 Å². The standard InChI is InChI=1S/C16H18O4/c1-17-11-19-15-9-8-14(10-16(15)20-12-18-2)13-6-4-3-5-7-13/h3-10H,11-12H2,1-2H3. The fourth-order valence-corrected chi connectivity index (χ4v) is 1.80. The van der Waals surface area contributed by atoms with Crippen molar-refractivity contribution < 1.29 is 18.9 Å². The zero-order chi connectivity index (χ0) is 14.2. The minimum absolute atomic E-state index is 0.168. The van der Waals surface area contributed by atoms with E-state index >= 15 is 0 Å². The van der Waals surface area contributed by atoms with Gasteiger partial charge in [0.05, 0.1) is 0 Å². The molecule has 0 aliphatic heterocycles. The van der Waals surface area contributed by atoms with E-state index in [-0.39, 0.29) is 13.6 Å². The van der Waals surface area contributed by atoms with Crippen molar-refractivity contribution in [3.05, 3.63) is 48.5 Å². The van der Waals surface area contributed by atoms with Crippen LogP contribution < -0.4 is 9.47 Å². The van der Waals surface area contributed by atoms with E-state index in [1.165, 1.54) is 0 Å². The van der Waals surface area contributed by atoms with Crippen LogP contribution in [0.1, 0.15) is 0 Å². The molecule has 2 aromatic carbocycles. The van der Waals surface area contributed by atoms with Gasteiger partial charge in [-0.1, -0.05) is 36.4 Å².